The first-order valence-electron chi connectivity index (χ1n) is 9.23. The summed E-state index contributed by atoms with van der Waals surface area (Å²) >= 11 is 5.38. The molecule has 1 saturated carbocycles. The summed E-state index contributed by atoms with van der Waals surface area (Å²) in [6.07, 6.45) is 9.31. The van der Waals surface area contributed by atoms with Crippen molar-refractivity contribution in [1.29, 1.82) is 5.26 Å². The molecular weight excluding hydrogens is 342 g/mol. The minimum absolute atomic E-state index is 0.437. The van der Waals surface area contributed by atoms with Crippen LogP contribution in [0.1, 0.15) is 44.6 Å². The van der Waals surface area contributed by atoms with Crippen LogP contribution < -0.4 is 10.7 Å². The summed E-state index contributed by atoms with van der Waals surface area (Å²) in [6.45, 7) is 2.95. The predicted octanol–water partition coefficient (Wildman–Crippen LogP) is 3.93. The first-order chi connectivity index (χ1) is 12.7. The molecule has 1 aliphatic rings. The summed E-state index contributed by atoms with van der Waals surface area (Å²) in [4.78, 5) is 0. The number of rotatable bonds is 5. The van der Waals surface area contributed by atoms with E-state index in [2.05, 4.69) is 45.5 Å². The number of aromatic nitrogens is 1. The van der Waals surface area contributed by atoms with Gasteiger partial charge in [-0.25, -0.2) is 0 Å². The smallest absolute Gasteiger partial charge is 0.187 e. The lowest BCUT2D eigenvalue weighted by molar-refractivity contribution is 0.308. The van der Waals surface area contributed by atoms with Gasteiger partial charge in [0.05, 0.1) is 18.7 Å². The summed E-state index contributed by atoms with van der Waals surface area (Å²) in [6, 6.07) is 10.8. The van der Waals surface area contributed by atoms with Gasteiger partial charge in [0.1, 0.15) is 0 Å². The third kappa shape index (κ3) is 4.41. The highest BCUT2D eigenvalue weighted by Gasteiger charge is 2.21. The molecule has 2 atom stereocenters. The monoisotopic (exact) mass is 367 g/mol. The third-order valence-corrected chi connectivity index (χ3v) is 5.29. The summed E-state index contributed by atoms with van der Waals surface area (Å²) in [5, 5.41) is 18.2. The first-order valence-corrected chi connectivity index (χ1v) is 9.64. The van der Waals surface area contributed by atoms with E-state index in [1.165, 1.54) is 25.7 Å². The number of benzene rings is 1. The number of aryl methyl sites for hydroxylation is 1. The molecule has 0 saturated heterocycles. The minimum atomic E-state index is 0.437. The molecule has 6 heteroatoms. The van der Waals surface area contributed by atoms with Crippen molar-refractivity contribution < 1.29 is 0 Å². The maximum absolute atomic E-state index is 8.84. The van der Waals surface area contributed by atoms with Gasteiger partial charge in [0.2, 0.25) is 0 Å². The Morgan fingerprint density at radius 3 is 3.00 bits per heavy atom. The van der Waals surface area contributed by atoms with Crippen molar-refractivity contribution in [3.8, 4) is 6.07 Å². The molecule has 0 unspecified atom stereocenters. The number of fused-ring (bicyclic) bond motifs is 1. The highest BCUT2D eigenvalue weighted by molar-refractivity contribution is 7.80. The standard InChI is InChI=1S/C20H25N5S/c1-15-7-2-4-9-18(15)23-20(26)24-22-13-16-14-25(12-6-11-21)19-10-5-3-8-17(16)19/h3,5,8,10,13-15,18H,2,4,6-7,9,12H2,1H3,(H2,23,24,26)/b22-13-/t15-,18-/m0/s1. The largest absolute Gasteiger partial charge is 0.358 e. The van der Waals surface area contributed by atoms with Crippen molar-refractivity contribution in [3.05, 3.63) is 36.0 Å². The number of hydrogen-bond donors (Lipinski definition) is 2. The molecule has 0 radical (unpaired) electrons. The summed E-state index contributed by atoms with van der Waals surface area (Å²) in [7, 11) is 0. The van der Waals surface area contributed by atoms with Gasteiger partial charge < -0.3 is 9.88 Å². The van der Waals surface area contributed by atoms with Crippen LogP contribution in [-0.4, -0.2) is 21.9 Å². The molecule has 1 fully saturated rings. The number of hydrazone groups is 1. The van der Waals surface area contributed by atoms with E-state index in [0.717, 1.165) is 16.5 Å². The van der Waals surface area contributed by atoms with Crippen LogP contribution in [0.3, 0.4) is 0 Å². The zero-order valence-electron chi connectivity index (χ0n) is 15.1. The van der Waals surface area contributed by atoms with Crippen molar-refractivity contribution in [2.75, 3.05) is 0 Å². The lowest BCUT2D eigenvalue weighted by Crippen LogP contribution is -2.44. The molecule has 136 valence electrons. The molecule has 2 aromatic rings. The summed E-state index contributed by atoms with van der Waals surface area (Å²) in [5.41, 5.74) is 5.07. The highest BCUT2D eigenvalue weighted by atomic mass is 32.1. The molecule has 1 aliphatic carbocycles. The van der Waals surface area contributed by atoms with Crippen LogP contribution in [0.4, 0.5) is 0 Å². The van der Waals surface area contributed by atoms with E-state index in [-0.39, 0.29) is 0 Å². The number of nitriles is 1. The average Bonchev–Trinajstić information content (AvgIpc) is 3.00. The number of nitrogens with zero attached hydrogens (tertiary/aromatic N) is 3. The van der Waals surface area contributed by atoms with Crippen molar-refractivity contribution in [3.63, 3.8) is 0 Å². The van der Waals surface area contributed by atoms with E-state index in [4.69, 9.17) is 17.5 Å². The first kappa shape index (κ1) is 18.4. The number of para-hydroxylation sites is 1. The van der Waals surface area contributed by atoms with Crippen molar-refractivity contribution >= 4 is 34.4 Å². The Balaban J connectivity index is 1.64. The molecule has 1 heterocycles. The topological polar surface area (TPSA) is 65.1 Å². The molecule has 0 spiro atoms. The predicted molar refractivity (Wildman–Crippen MR) is 110 cm³/mol. The number of thiocarbonyl (C=S) groups is 1. The van der Waals surface area contributed by atoms with Crippen LogP contribution in [0.5, 0.6) is 0 Å². The maximum atomic E-state index is 8.84. The Morgan fingerprint density at radius 1 is 1.38 bits per heavy atom. The van der Waals surface area contributed by atoms with E-state index in [1.54, 1.807) is 6.21 Å². The zero-order chi connectivity index (χ0) is 18.4. The van der Waals surface area contributed by atoms with Gasteiger partial charge in [-0.3, -0.25) is 5.43 Å². The van der Waals surface area contributed by atoms with Gasteiger partial charge in [0.25, 0.3) is 0 Å². The maximum Gasteiger partial charge on any atom is 0.187 e. The van der Waals surface area contributed by atoms with E-state index in [1.807, 2.05) is 18.3 Å². The van der Waals surface area contributed by atoms with E-state index in [0.29, 0.717) is 30.0 Å². The average molecular weight is 368 g/mol. The van der Waals surface area contributed by atoms with E-state index in [9.17, 15) is 0 Å². The summed E-state index contributed by atoms with van der Waals surface area (Å²) in [5.74, 6) is 0.644. The molecular formula is C20H25N5S. The van der Waals surface area contributed by atoms with Crippen molar-refractivity contribution in [1.82, 2.24) is 15.3 Å². The van der Waals surface area contributed by atoms with Gasteiger partial charge in [-0.1, -0.05) is 38.0 Å². The molecule has 1 aromatic carbocycles. The molecule has 26 heavy (non-hydrogen) atoms. The summed E-state index contributed by atoms with van der Waals surface area (Å²) < 4.78 is 2.10. The molecule has 5 nitrogen and oxygen atoms in total. The Hall–Kier alpha value is -2.39. The van der Waals surface area contributed by atoms with Crippen LogP contribution >= 0.6 is 12.2 Å². The molecule has 2 N–H and O–H groups in total. The second-order valence-corrected chi connectivity index (χ2v) is 7.32. The molecule has 0 aliphatic heterocycles. The van der Waals surface area contributed by atoms with Gasteiger partial charge in [0.15, 0.2) is 5.11 Å². The van der Waals surface area contributed by atoms with Crippen LogP contribution in [0.25, 0.3) is 10.9 Å². The highest BCUT2D eigenvalue weighted by Crippen LogP contribution is 2.23. The van der Waals surface area contributed by atoms with E-state index >= 15 is 0 Å². The minimum Gasteiger partial charge on any atom is -0.358 e. The Kier molecular flexibility index (Phi) is 6.24. The zero-order valence-corrected chi connectivity index (χ0v) is 15.9. The van der Waals surface area contributed by atoms with Crippen LogP contribution in [-0.2, 0) is 6.54 Å². The Morgan fingerprint density at radius 2 is 2.19 bits per heavy atom. The van der Waals surface area contributed by atoms with Gasteiger partial charge in [-0.15, -0.1) is 0 Å². The van der Waals surface area contributed by atoms with Crippen LogP contribution in [0, 0.1) is 17.2 Å². The van der Waals surface area contributed by atoms with Crippen molar-refractivity contribution in [2.24, 2.45) is 11.0 Å². The van der Waals surface area contributed by atoms with Gasteiger partial charge in [0, 0.05) is 35.2 Å². The van der Waals surface area contributed by atoms with Crippen molar-refractivity contribution in [2.45, 2.75) is 51.6 Å². The lowest BCUT2D eigenvalue weighted by atomic mass is 9.86. The molecule has 0 amide bonds. The SMILES string of the molecule is C[C@H]1CCCC[C@@H]1NC(=S)N/N=C\c1cn(CCC#N)c2ccccc12. The van der Waals surface area contributed by atoms with E-state index < -0.39 is 0 Å². The fourth-order valence-electron chi connectivity index (χ4n) is 3.63. The normalized spacial score (nSPS) is 20.2. The fraction of sp³-hybridized carbons (Fsp3) is 0.450. The fourth-order valence-corrected chi connectivity index (χ4v) is 3.83. The van der Waals surface area contributed by atoms with Gasteiger partial charge in [-0.2, -0.15) is 10.4 Å². The number of nitrogens with one attached hydrogen (secondary N) is 2. The molecule has 3 rings (SSSR count). The quantitative estimate of drug-likeness (QED) is 0.477. The Bertz CT molecular complexity index is 832. The van der Waals surface area contributed by atoms with Gasteiger partial charge >= 0.3 is 0 Å². The Labute approximate surface area is 160 Å². The lowest BCUT2D eigenvalue weighted by Gasteiger charge is -2.30. The number of hydrogen-bond acceptors (Lipinski definition) is 3. The molecule has 0 bridgehead atoms. The third-order valence-electron chi connectivity index (χ3n) is 5.08. The van der Waals surface area contributed by atoms with Crippen LogP contribution in [0.15, 0.2) is 35.6 Å². The van der Waals surface area contributed by atoms with Gasteiger partial charge in [-0.05, 0) is 37.0 Å². The second kappa shape index (κ2) is 8.81. The second-order valence-electron chi connectivity index (χ2n) is 6.91. The van der Waals surface area contributed by atoms with Crippen LogP contribution in [0.2, 0.25) is 0 Å². The molecule has 1 aromatic heterocycles.